The number of aliphatic imine (C=N–C) groups is 1. The number of hydrazine groups is 1. The summed E-state index contributed by atoms with van der Waals surface area (Å²) in [5.74, 6) is 0. The molecule has 24 heavy (non-hydrogen) atoms. The number of rotatable bonds is 5. The molecule has 3 rings (SSSR count). The first-order valence-corrected chi connectivity index (χ1v) is 9.13. The third kappa shape index (κ3) is 3.31. The molecule has 0 saturated heterocycles. The Morgan fingerprint density at radius 1 is 1.17 bits per heavy atom. The normalized spacial score (nSPS) is 23.0. The number of nitrogens with zero attached hydrogens (tertiary/aromatic N) is 2. The van der Waals surface area contributed by atoms with Gasteiger partial charge in [-0.05, 0) is 37.3 Å². The van der Waals surface area contributed by atoms with Gasteiger partial charge in [0, 0.05) is 0 Å². The standard InChI is InChI=1S/C19H21N3OS/c1-19(13-15-9-5-3-6-10-15)17(14-23)22(18(20-19)24-2)21-16-11-7-4-8-12-16/h3-12,14,17,21H,13H2,1-2H3/t17?,19-/m0/s1. The maximum absolute atomic E-state index is 11.9. The first-order valence-electron chi connectivity index (χ1n) is 7.90. The summed E-state index contributed by atoms with van der Waals surface area (Å²) < 4.78 is 0. The Morgan fingerprint density at radius 2 is 1.79 bits per heavy atom. The van der Waals surface area contributed by atoms with E-state index in [1.807, 2.05) is 66.7 Å². The molecule has 4 nitrogen and oxygen atoms in total. The number of carbonyl (C=O) groups is 1. The molecule has 0 amide bonds. The summed E-state index contributed by atoms with van der Waals surface area (Å²) >= 11 is 1.55. The second-order valence-electron chi connectivity index (χ2n) is 6.05. The van der Waals surface area contributed by atoms with Crippen LogP contribution in [0.4, 0.5) is 5.69 Å². The summed E-state index contributed by atoms with van der Waals surface area (Å²) in [5, 5.41) is 2.71. The minimum Gasteiger partial charge on any atom is -0.301 e. The van der Waals surface area contributed by atoms with Gasteiger partial charge in [0.05, 0.1) is 11.2 Å². The number of hydrogen-bond acceptors (Lipinski definition) is 5. The number of benzene rings is 2. The van der Waals surface area contributed by atoms with E-state index < -0.39 is 5.54 Å². The number of nitrogens with one attached hydrogen (secondary N) is 1. The Morgan fingerprint density at radius 3 is 2.38 bits per heavy atom. The van der Waals surface area contributed by atoms with Crippen LogP contribution in [0, 0.1) is 0 Å². The van der Waals surface area contributed by atoms with Crippen LogP contribution in [0.2, 0.25) is 0 Å². The average molecular weight is 339 g/mol. The highest BCUT2D eigenvalue weighted by atomic mass is 32.2. The molecule has 2 aromatic rings. The average Bonchev–Trinajstić information content (AvgIpc) is 2.87. The smallest absolute Gasteiger partial charge is 0.179 e. The highest BCUT2D eigenvalue weighted by Crippen LogP contribution is 2.33. The molecule has 0 spiro atoms. The minimum atomic E-state index is -0.497. The molecule has 1 aliphatic heterocycles. The first kappa shape index (κ1) is 16.6. The summed E-state index contributed by atoms with van der Waals surface area (Å²) in [6, 6.07) is 19.7. The Balaban J connectivity index is 1.88. The van der Waals surface area contributed by atoms with E-state index in [2.05, 4.69) is 17.6 Å². The lowest BCUT2D eigenvalue weighted by Gasteiger charge is -2.32. The molecule has 0 aliphatic carbocycles. The molecule has 1 unspecified atom stereocenters. The van der Waals surface area contributed by atoms with Crippen LogP contribution in [0.3, 0.4) is 0 Å². The van der Waals surface area contributed by atoms with Crippen molar-refractivity contribution >= 4 is 28.9 Å². The van der Waals surface area contributed by atoms with E-state index in [-0.39, 0.29) is 6.04 Å². The maximum Gasteiger partial charge on any atom is 0.179 e. The van der Waals surface area contributed by atoms with Gasteiger partial charge in [-0.2, -0.15) is 0 Å². The van der Waals surface area contributed by atoms with Crippen molar-refractivity contribution in [2.75, 3.05) is 11.7 Å². The molecule has 0 aromatic heterocycles. The van der Waals surface area contributed by atoms with Gasteiger partial charge in [0.15, 0.2) is 5.17 Å². The van der Waals surface area contributed by atoms with Gasteiger partial charge in [-0.15, -0.1) is 0 Å². The predicted octanol–water partition coefficient (Wildman–Crippen LogP) is 3.62. The fraction of sp³-hybridized carbons (Fsp3) is 0.263. The molecule has 2 atom stereocenters. The summed E-state index contributed by atoms with van der Waals surface area (Å²) in [6.07, 6.45) is 3.69. The molecule has 2 aromatic carbocycles. The fourth-order valence-corrected chi connectivity index (χ4v) is 3.67. The Kier molecular flexibility index (Phi) is 4.90. The van der Waals surface area contributed by atoms with Gasteiger partial charge >= 0.3 is 0 Å². The maximum atomic E-state index is 11.9. The van der Waals surface area contributed by atoms with Crippen LogP contribution in [0.25, 0.3) is 0 Å². The van der Waals surface area contributed by atoms with Gasteiger partial charge in [-0.25, -0.2) is 0 Å². The number of amidine groups is 1. The second-order valence-corrected chi connectivity index (χ2v) is 6.82. The quantitative estimate of drug-likeness (QED) is 0.845. The number of para-hydroxylation sites is 1. The summed E-state index contributed by atoms with van der Waals surface area (Å²) in [5.41, 5.74) is 4.96. The zero-order valence-electron chi connectivity index (χ0n) is 13.8. The lowest BCUT2D eigenvalue weighted by molar-refractivity contribution is -0.112. The fourth-order valence-electron chi connectivity index (χ4n) is 3.01. The number of aldehydes is 1. The van der Waals surface area contributed by atoms with E-state index in [1.165, 1.54) is 5.56 Å². The Bertz CT molecular complexity index is 720. The summed E-state index contributed by atoms with van der Waals surface area (Å²) in [4.78, 5) is 16.8. The molecule has 5 heteroatoms. The molecule has 1 N–H and O–H groups in total. The van der Waals surface area contributed by atoms with Gasteiger partial charge < -0.3 is 4.79 Å². The number of anilines is 1. The zero-order valence-corrected chi connectivity index (χ0v) is 14.7. The Labute approximate surface area is 146 Å². The Hall–Kier alpha value is -2.27. The molecular formula is C19H21N3OS. The number of hydrogen-bond donors (Lipinski definition) is 1. The summed E-state index contributed by atoms with van der Waals surface area (Å²) in [6.45, 7) is 2.04. The minimum absolute atomic E-state index is 0.361. The van der Waals surface area contributed by atoms with Crippen molar-refractivity contribution < 1.29 is 4.79 Å². The van der Waals surface area contributed by atoms with Crippen LogP contribution < -0.4 is 5.43 Å². The van der Waals surface area contributed by atoms with Gasteiger partial charge in [0.2, 0.25) is 0 Å². The highest BCUT2D eigenvalue weighted by molar-refractivity contribution is 8.13. The molecule has 124 valence electrons. The topological polar surface area (TPSA) is 44.7 Å². The van der Waals surface area contributed by atoms with E-state index in [1.54, 1.807) is 11.8 Å². The third-order valence-electron chi connectivity index (χ3n) is 4.21. The first-order chi connectivity index (χ1) is 11.7. The van der Waals surface area contributed by atoms with Gasteiger partial charge in [0.25, 0.3) is 0 Å². The van der Waals surface area contributed by atoms with Gasteiger partial charge in [-0.1, -0.05) is 60.3 Å². The molecular weight excluding hydrogens is 318 g/mol. The predicted molar refractivity (Wildman–Crippen MR) is 101 cm³/mol. The van der Waals surface area contributed by atoms with Gasteiger partial charge in [0.1, 0.15) is 12.3 Å². The van der Waals surface area contributed by atoms with Crippen LogP contribution in [0.5, 0.6) is 0 Å². The molecule has 0 fully saturated rings. The molecule has 1 heterocycles. The van der Waals surface area contributed by atoms with Crippen LogP contribution in [0.1, 0.15) is 12.5 Å². The third-order valence-corrected chi connectivity index (χ3v) is 4.87. The van der Waals surface area contributed by atoms with Crippen LogP contribution in [-0.2, 0) is 11.2 Å². The molecule has 0 saturated carbocycles. The van der Waals surface area contributed by atoms with Crippen LogP contribution >= 0.6 is 11.8 Å². The molecule has 1 aliphatic rings. The lowest BCUT2D eigenvalue weighted by atomic mass is 9.87. The monoisotopic (exact) mass is 339 g/mol. The van der Waals surface area contributed by atoms with Crippen molar-refractivity contribution in [2.24, 2.45) is 4.99 Å². The number of carbonyl (C=O) groups excluding carboxylic acids is 1. The SMILES string of the molecule is CSC1=N[C@@](C)(Cc2ccccc2)C(C=O)N1Nc1ccccc1. The largest absolute Gasteiger partial charge is 0.301 e. The van der Waals surface area contributed by atoms with E-state index in [0.29, 0.717) is 6.42 Å². The van der Waals surface area contributed by atoms with E-state index in [4.69, 9.17) is 4.99 Å². The van der Waals surface area contributed by atoms with E-state index in [0.717, 1.165) is 17.1 Å². The lowest BCUT2D eigenvalue weighted by Crippen LogP contribution is -2.49. The van der Waals surface area contributed by atoms with E-state index in [9.17, 15) is 4.79 Å². The van der Waals surface area contributed by atoms with Crippen molar-refractivity contribution in [3.8, 4) is 0 Å². The van der Waals surface area contributed by atoms with Crippen molar-refractivity contribution in [1.82, 2.24) is 5.01 Å². The molecule has 0 bridgehead atoms. The summed E-state index contributed by atoms with van der Waals surface area (Å²) in [7, 11) is 0. The van der Waals surface area contributed by atoms with Crippen molar-refractivity contribution in [2.45, 2.75) is 24.9 Å². The van der Waals surface area contributed by atoms with E-state index >= 15 is 0 Å². The van der Waals surface area contributed by atoms with Gasteiger partial charge in [-0.3, -0.25) is 15.4 Å². The zero-order chi connectivity index (χ0) is 17.0. The van der Waals surface area contributed by atoms with Crippen molar-refractivity contribution in [1.29, 1.82) is 0 Å². The highest BCUT2D eigenvalue weighted by Gasteiger charge is 2.45. The molecule has 0 radical (unpaired) electrons. The second kappa shape index (κ2) is 7.09. The number of thioether (sulfide) groups is 1. The van der Waals surface area contributed by atoms with Crippen molar-refractivity contribution in [3.63, 3.8) is 0 Å². The van der Waals surface area contributed by atoms with Crippen molar-refractivity contribution in [3.05, 3.63) is 66.2 Å². The van der Waals surface area contributed by atoms with Crippen LogP contribution in [-0.4, -0.2) is 34.3 Å². The van der Waals surface area contributed by atoms with Crippen LogP contribution in [0.15, 0.2) is 65.7 Å².